The van der Waals surface area contributed by atoms with Crippen LogP contribution in [-0.2, 0) is 14.3 Å². The highest BCUT2D eigenvalue weighted by molar-refractivity contribution is 5.83. The van der Waals surface area contributed by atoms with E-state index in [4.69, 9.17) is 10.5 Å². The lowest BCUT2D eigenvalue weighted by Crippen LogP contribution is -2.40. The molecule has 0 rings (SSSR count). The lowest BCUT2D eigenvalue weighted by Gasteiger charge is -2.23. The van der Waals surface area contributed by atoms with Crippen LogP contribution in [0, 0.1) is 11.8 Å². The first-order chi connectivity index (χ1) is 9.35. The minimum Gasteiger partial charge on any atom is -0.453 e. The van der Waals surface area contributed by atoms with Gasteiger partial charge in [-0.15, -0.1) is 0 Å². The van der Waals surface area contributed by atoms with E-state index < -0.39 is 6.10 Å². The Balaban J connectivity index is 4.34. The van der Waals surface area contributed by atoms with Crippen molar-refractivity contribution in [3.8, 4) is 0 Å². The van der Waals surface area contributed by atoms with Crippen LogP contribution < -0.4 is 5.73 Å². The minimum absolute atomic E-state index is 0.123. The molecule has 0 saturated carbocycles. The van der Waals surface area contributed by atoms with Gasteiger partial charge in [0.1, 0.15) is 0 Å². The Labute approximate surface area is 122 Å². The molecule has 0 aliphatic carbocycles. The zero-order valence-corrected chi connectivity index (χ0v) is 13.5. The van der Waals surface area contributed by atoms with E-state index in [1.54, 1.807) is 11.8 Å². The van der Waals surface area contributed by atoms with Crippen molar-refractivity contribution in [2.75, 3.05) is 19.6 Å². The number of hydrogen-bond donors (Lipinski definition) is 1. The normalized spacial score (nSPS) is 13.9. The summed E-state index contributed by atoms with van der Waals surface area (Å²) < 4.78 is 5.22. The molecule has 0 aromatic rings. The molecule has 0 saturated heterocycles. The standard InChI is InChI=1S/C15H30N2O3/c1-6-17(7-2)15(19)12(5)20-14(18)9-13(10-16)8-11(3)4/h11-13H,6-10,16H2,1-5H3/t12?,13-/m0/s1. The third kappa shape index (κ3) is 6.89. The second-order valence-electron chi connectivity index (χ2n) is 5.58. The zero-order chi connectivity index (χ0) is 15.7. The molecule has 2 atom stereocenters. The van der Waals surface area contributed by atoms with Crippen molar-refractivity contribution in [3.63, 3.8) is 0 Å². The van der Waals surface area contributed by atoms with Crippen molar-refractivity contribution in [1.29, 1.82) is 0 Å². The molecule has 2 N–H and O–H groups in total. The summed E-state index contributed by atoms with van der Waals surface area (Å²) in [5.74, 6) is 0.134. The molecule has 0 heterocycles. The fourth-order valence-corrected chi connectivity index (χ4v) is 2.25. The third-order valence-corrected chi connectivity index (χ3v) is 3.32. The topological polar surface area (TPSA) is 72.6 Å². The van der Waals surface area contributed by atoms with Gasteiger partial charge >= 0.3 is 5.97 Å². The molecule has 20 heavy (non-hydrogen) atoms. The minimum atomic E-state index is -0.722. The van der Waals surface area contributed by atoms with Gasteiger partial charge in [0.15, 0.2) is 6.10 Å². The van der Waals surface area contributed by atoms with Crippen LogP contribution >= 0.6 is 0 Å². The van der Waals surface area contributed by atoms with Crippen LogP contribution in [0.1, 0.15) is 47.5 Å². The molecule has 5 heteroatoms. The summed E-state index contributed by atoms with van der Waals surface area (Å²) in [4.78, 5) is 25.5. The Hall–Kier alpha value is -1.10. The van der Waals surface area contributed by atoms with Gasteiger partial charge < -0.3 is 15.4 Å². The Kier molecular flexibility index (Phi) is 9.21. The molecule has 0 aromatic heterocycles. The second kappa shape index (κ2) is 9.75. The number of carbonyl (C=O) groups is 2. The fourth-order valence-electron chi connectivity index (χ4n) is 2.25. The first-order valence-corrected chi connectivity index (χ1v) is 7.53. The van der Waals surface area contributed by atoms with Crippen LogP contribution in [0.4, 0.5) is 0 Å². The average Bonchev–Trinajstić information content (AvgIpc) is 2.38. The number of carbonyl (C=O) groups excluding carboxylic acids is 2. The quantitative estimate of drug-likeness (QED) is 0.656. The third-order valence-electron chi connectivity index (χ3n) is 3.32. The molecule has 1 amide bonds. The average molecular weight is 286 g/mol. The van der Waals surface area contributed by atoms with Crippen molar-refractivity contribution >= 4 is 11.9 Å². The summed E-state index contributed by atoms with van der Waals surface area (Å²) in [6.45, 7) is 11.3. The van der Waals surface area contributed by atoms with Gasteiger partial charge in [0.25, 0.3) is 5.91 Å². The lowest BCUT2D eigenvalue weighted by molar-refractivity contribution is -0.159. The number of ether oxygens (including phenoxy) is 1. The summed E-state index contributed by atoms with van der Waals surface area (Å²) in [6, 6.07) is 0. The number of esters is 1. The van der Waals surface area contributed by atoms with Gasteiger partial charge in [-0.1, -0.05) is 13.8 Å². The van der Waals surface area contributed by atoms with Crippen molar-refractivity contribution in [3.05, 3.63) is 0 Å². The van der Waals surface area contributed by atoms with Crippen LogP contribution in [0.15, 0.2) is 0 Å². The molecule has 5 nitrogen and oxygen atoms in total. The van der Waals surface area contributed by atoms with Gasteiger partial charge in [-0.2, -0.15) is 0 Å². The Morgan fingerprint density at radius 3 is 2.10 bits per heavy atom. The number of likely N-dealkylation sites (N-methyl/N-ethyl adjacent to an activating group) is 1. The maximum Gasteiger partial charge on any atom is 0.306 e. The van der Waals surface area contributed by atoms with E-state index >= 15 is 0 Å². The van der Waals surface area contributed by atoms with Gasteiger partial charge in [-0.05, 0) is 45.6 Å². The summed E-state index contributed by atoms with van der Waals surface area (Å²) >= 11 is 0. The molecule has 118 valence electrons. The van der Waals surface area contributed by atoms with Gasteiger partial charge in [0.05, 0.1) is 0 Å². The predicted molar refractivity (Wildman–Crippen MR) is 80.1 cm³/mol. The first-order valence-electron chi connectivity index (χ1n) is 7.53. The smallest absolute Gasteiger partial charge is 0.306 e. The Bertz CT molecular complexity index is 301. The zero-order valence-electron chi connectivity index (χ0n) is 13.5. The molecule has 1 unspecified atom stereocenters. The molecule has 0 aliphatic heterocycles. The fraction of sp³-hybridized carbons (Fsp3) is 0.867. The summed E-state index contributed by atoms with van der Waals surface area (Å²) in [6.07, 6.45) is 0.453. The van der Waals surface area contributed by atoms with E-state index in [1.807, 2.05) is 13.8 Å². The highest BCUT2D eigenvalue weighted by atomic mass is 16.5. The SMILES string of the molecule is CCN(CC)C(=O)C(C)OC(=O)C[C@@H](CN)CC(C)C. The van der Waals surface area contributed by atoms with E-state index in [-0.39, 0.29) is 24.2 Å². The maximum atomic E-state index is 12.0. The van der Waals surface area contributed by atoms with E-state index in [2.05, 4.69) is 13.8 Å². The number of rotatable bonds is 9. The summed E-state index contributed by atoms with van der Waals surface area (Å²) in [7, 11) is 0. The van der Waals surface area contributed by atoms with Crippen molar-refractivity contribution in [2.45, 2.75) is 53.6 Å². The largest absolute Gasteiger partial charge is 0.453 e. The molecule has 0 spiro atoms. The van der Waals surface area contributed by atoms with Gasteiger partial charge in [-0.25, -0.2) is 0 Å². The van der Waals surface area contributed by atoms with Crippen molar-refractivity contribution in [1.82, 2.24) is 4.90 Å². The van der Waals surface area contributed by atoms with Gasteiger partial charge in [-0.3, -0.25) is 9.59 Å². The second-order valence-corrected chi connectivity index (χ2v) is 5.58. The predicted octanol–water partition coefficient (Wildman–Crippen LogP) is 1.80. The van der Waals surface area contributed by atoms with Gasteiger partial charge in [0, 0.05) is 19.5 Å². The molecular weight excluding hydrogens is 256 g/mol. The van der Waals surface area contributed by atoms with E-state index in [1.165, 1.54) is 0 Å². The number of nitrogens with two attached hydrogens (primary N) is 1. The monoisotopic (exact) mass is 286 g/mol. The number of amides is 1. The van der Waals surface area contributed by atoms with E-state index in [9.17, 15) is 9.59 Å². The Morgan fingerprint density at radius 2 is 1.70 bits per heavy atom. The lowest BCUT2D eigenvalue weighted by atomic mass is 9.94. The highest BCUT2D eigenvalue weighted by Gasteiger charge is 2.23. The van der Waals surface area contributed by atoms with E-state index in [0.29, 0.717) is 25.6 Å². The summed E-state index contributed by atoms with van der Waals surface area (Å²) in [5.41, 5.74) is 5.67. The van der Waals surface area contributed by atoms with Crippen molar-refractivity contribution in [2.24, 2.45) is 17.6 Å². The Morgan fingerprint density at radius 1 is 1.15 bits per heavy atom. The van der Waals surface area contributed by atoms with Crippen LogP contribution in [0.5, 0.6) is 0 Å². The summed E-state index contributed by atoms with van der Waals surface area (Å²) in [5, 5.41) is 0. The first kappa shape index (κ1) is 18.9. The number of hydrogen-bond acceptors (Lipinski definition) is 4. The highest BCUT2D eigenvalue weighted by Crippen LogP contribution is 2.15. The van der Waals surface area contributed by atoms with Crippen LogP contribution in [0.25, 0.3) is 0 Å². The molecule has 0 aliphatic rings. The van der Waals surface area contributed by atoms with Gasteiger partial charge in [0.2, 0.25) is 0 Å². The molecular formula is C15H30N2O3. The molecule has 0 aromatic carbocycles. The molecule has 0 radical (unpaired) electrons. The molecule has 0 fully saturated rings. The molecule has 0 bridgehead atoms. The number of nitrogens with zero attached hydrogens (tertiary/aromatic N) is 1. The van der Waals surface area contributed by atoms with Crippen LogP contribution in [0.2, 0.25) is 0 Å². The van der Waals surface area contributed by atoms with Crippen LogP contribution in [0.3, 0.4) is 0 Å². The van der Waals surface area contributed by atoms with E-state index in [0.717, 1.165) is 6.42 Å². The maximum absolute atomic E-state index is 12.0. The van der Waals surface area contributed by atoms with Crippen molar-refractivity contribution < 1.29 is 14.3 Å². The van der Waals surface area contributed by atoms with Crippen LogP contribution in [-0.4, -0.2) is 42.5 Å².